The highest BCUT2D eigenvalue weighted by Gasteiger charge is 2.23. The molecule has 4 heteroatoms. The first-order valence-corrected chi connectivity index (χ1v) is 6.34. The van der Waals surface area contributed by atoms with Gasteiger partial charge >= 0.3 is 5.97 Å². The Kier molecular flexibility index (Phi) is 5.10. The molecule has 0 aliphatic carbocycles. The van der Waals surface area contributed by atoms with Crippen molar-refractivity contribution in [1.82, 2.24) is 5.32 Å². The average molecular weight is 263 g/mol. The molecule has 2 N–H and O–H groups in total. The Balaban J connectivity index is 2.64. The SMILES string of the molecule is CC(C)(C)CC(=O)NC(Cc1ccccc1)C(=O)O. The van der Waals surface area contributed by atoms with Gasteiger partial charge in [0.05, 0.1) is 0 Å². The molecule has 0 aliphatic heterocycles. The standard InChI is InChI=1S/C15H21NO3/c1-15(2,3)10-13(17)16-12(14(18)19)9-11-7-5-4-6-8-11/h4-8,12H,9-10H2,1-3H3,(H,16,17)(H,18,19). The van der Waals surface area contributed by atoms with Crippen LogP contribution < -0.4 is 5.32 Å². The molecule has 104 valence electrons. The van der Waals surface area contributed by atoms with Crippen LogP contribution in [0.25, 0.3) is 0 Å². The van der Waals surface area contributed by atoms with Crippen LogP contribution in [0.15, 0.2) is 30.3 Å². The fourth-order valence-electron chi connectivity index (χ4n) is 1.78. The van der Waals surface area contributed by atoms with Crippen LogP contribution in [0.3, 0.4) is 0 Å². The molecular weight excluding hydrogens is 242 g/mol. The molecule has 1 atom stereocenters. The second-order valence-corrected chi connectivity index (χ2v) is 5.89. The molecule has 1 aromatic carbocycles. The molecule has 0 saturated heterocycles. The van der Waals surface area contributed by atoms with Crippen molar-refractivity contribution < 1.29 is 14.7 Å². The third-order valence-corrected chi connectivity index (χ3v) is 2.61. The van der Waals surface area contributed by atoms with Gasteiger partial charge in [0.25, 0.3) is 0 Å². The quantitative estimate of drug-likeness (QED) is 0.856. The predicted octanol–water partition coefficient (Wildman–Crippen LogP) is 2.23. The number of carboxylic acids is 1. The average Bonchev–Trinajstić information content (AvgIpc) is 2.26. The molecule has 0 bridgehead atoms. The van der Waals surface area contributed by atoms with Crippen molar-refractivity contribution in [2.45, 2.75) is 39.7 Å². The van der Waals surface area contributed by atoms with E-state index in [2.05, 4.69) is 5.32 Å². The Morgan fingerprint density at radius 1 is 1.21 bits per heavy atom. The highest BCUT2D eigenvalue weighted by atomic mass is 16.4. The lowest BCUT2D eigenvalue weighted by molar-refractivity contribution is -0.142. The van der Waals surface area contributed by atoms with Crippen LogP contribution in [-0.4, -0.2) is 23.0 Å². The third-order valence-electron chi connectivity index (χ3n) is 2.61. The van der Waals surface area contributed by atoms with Crippen molar-refractivity contribution in [2.75, 3.05) is 0 Å². The van der Waals surface area contributed by atoms with Gasteiger partial charge in [-0.1, -0.05) is 51.1 Å². The zero-order chi connectivity index (χ0) is 14.5. The number of aliphatic carboxylic acids is 1. The summed E-state index contributed by atoms with van der Waals surface area (Å²) in [6.07, 6.45) is 0.609. The normalized spacial score (nSPS) is 12.8. The van der Waals surface area contributed by atoms with Gasteiger partial charge in [0.2, 0.25) is 5.91 Å². The van der Waals surface area contributed by atoms with Crippen LogP contribution in [0, 0.1) is 5.41 Å². The van der Waals surface area contributed by atoms with E-state index in [4.69, 9.17) is 5.11 Å². The first kappa shape index (κ1) is 15.2. The van der Waals surface area contributed by atoms with E-state index >= 15 is 0 Å². The van der Waals surface area contributed by atoms with Crippen LogP contribution in [-0.2, 0) is 16.0 Å². The molecule has 1 aromatic rings. The van der Waals surface area contributed by atoms with Gasteiger partial charge in [-0.2, -0.15) is 0 Å². The van der Waals surface area contributed by atoms with Crippen molar-refractivity contribution in [3.05, 3.63) is 35.9 Å². The minimum Gasteiger partial charge on any atom is -0.480 e. The van der Waals surface area contributed by atoms with Gasteiger partial charge in [-0.05, 0) is 11.0 Å². The van der Waals surface area contributed by atoms with Gasteiger partial charge in [0.15, 0.2) is 0 Å². The van der Waals surface area contributed by atoms with E-state index in [1.165, 1.54) is 0 Å². The molecule has 1 unspecified atom stereocenters. The minimum absolute atomic E-state index is 0.153. The molecule has 0 aliphatic rings. The van der Waals surface area contributed by atoms with Gasteiger partial charge in [0.1, 0.15) is 6.04 Å². The lowest BCUT2D eigenvalue weighted by Crippen LogP contribution is -2.43. The molecule has 19 heavy (non-hydrogen) atoms. The monoisotopic (exact) mass is 263 g/mol. The molecule has 0 saturated carbocycles. The van der Waals surface area contributed by atoms with E-state index in [1.54, 1.807) is 0 Å². The summed E-state index contributed by atoms with van der Waals surface area (Å²) in [4.78, 5) is 23.0. The second kappa shape index (κ2) is 6.36. The summed E-state index contributed by atoms with van der Waals surface area (Å²) in [5.74, 6) is -1.23. The fraction of sp³-hybridized carbons (Fsp3) is 0.467. The Morgan fingerprint density at radius 3 is 2.26 bits per heavy atom. The molecule has 0 fully saturated rings. The summed E-state index contributed by atoms with van der Waals surface area (Å²) in [5, 5.41) is 11.8. The van der Waals surface area contributed by atoms with Crippen molar-refractivity contribution in [1.29, 1.82) is 0 Å². The molecule has 0 spiro atoms. The third kappa shape index (κ3) is 6.04. The van der Waals surface area contributed by atoms with Crippen LogP contribution in [0.2, 0.25) is 0 Å². The Morgan fingerprint density at radius 2 is 1.79 bits per heavy atom. The summed E-state index contributed by atoms with van der Waals surface area (Å²) in [5.41, 5.74) is 0.742. The summed E-state index contributed by atoms with van der Waals surface area (Å²) in [6.45, 7) is 5.83. The Hall–Kier alpha value is -1.84. The smallest absolute Gasteiger partial charge is 0.326 e. The van der Waals surface area contributed by atoms with E-state index in [0.717, 1.165) is 5.56 Å². The number of hydrogen-bond acceptors (Lipinski definition) is 2. The van der Waals surface area contributed by atoms with Crippen LogP contribution >= 0.6 is 0 Å². The van der Waals surface area contributed by atoms with E-state index in [0.29, 0.717) is 12.8 Å². The molecule has 0 aromatic heterocycles. The van der Waals surface area contributed by atoms with E-state index in [1.807, 2.05) is 51.1 Å². The van der Waals surface area contributed by atoms with E-state index in [-0.39, 0.29) is 11.3 Å². The van der Waals surface area contributed by atoms with Gasteiger partial charge in [-0.3, -0.25) is 4.79 Å². The Bertz CT molecular complexity index is 434. The van der Waals surface area contributed by atoms with Gasteiger partial charge in [-0.25, -0.2) is 4.79 Å². The lowest BCUT2D eigenvalue weighted by atomic mass is 9.91. The zero-order valence-electron chi connectivity index (χ0n) is 11.6. The van der Waals surface area contributed by atoms with E-state index < -0.39 is 12.0 Å². The fourth-order valence-corrected chi connectivity index (χ4v) is 1.78. The summed E-state index contributed by atoms with van der Waals surface area (Å²) >= 11 is 0. The molecule has 0 heterocycles. The highest BCUT2D eigenvalue weighted by Crippen LogP contribution is 2.18. The minimum atomic E-state index is -1.01. The maximum atomic E-state index is 11.8. The largest absolute Gasteiger partial charge is 0.480 e. The first-order valence-electron chi connectivity index (χ1n) is 6.34. The van der Waals surface area contributed by atoms with E-state index in [9.17, 15) is 9.59 Å². The molecular formula is C15H21NO3. The zero-order valence-corrected chi connectivity index (χ0v) is 11.6. The topological polar surface area (TPSA) is 66.4 Å². The van der Waals surface area contributed by atoms with Gasteiger partial charge in [-0.15, -0.1) is 0 Å². The van der Waals surface area contributed by atoms with Gasteiger partial charge in [0, 0.05) is 12.8 Å². The maximum absolute atomic E-state index is 11.8. The van der Waals surface area contributed by atoms with Crippen molar-refractivity contribution in [2.24, 2.45) is 5.41 Å². The number of benzene rings is 1. The van der Waals surface area contributed by atoms with Gasteiger partial charge < -0.3 is 10.4 Å². The van der Waals surface area contributed by atoms with Crippen molar-refractivity contribution >= 4 is 11.9 Å². The number of hydrogen-bond donors (Lipinski definition) is 2. The predicted molar refractivity (Wildman–Crippen MR) is 73.8 cm³/mol. The molecule has 0 radical (unpaired) electrons. The summed E-state index contributed by atoms with van der Waals surface area (Å²) in [6, 6.07) is 8.41. The second-order valence-electron chi connectivity index (χ2n) is 5.89. The van der Waals surface area contributed by atoms with Crippen molar-refractivity contribution in [3.63, 3.8) is 0 Å². The molecule has 1 amide bonds. The maximum Gasteiger partial charge on any atom is 0.326 e. The van der Waals surface area contributed by atoms with Crippen LogP contribution in [0.5, 0.6) is 0 Å². The number of rotatable bonds is 5. The number of amides is 1. The highest BCUT2D eigenvalue weighted by molar-refractivity contribution is 5.84. The van der Waals surface area contributed by atoms with Crippen LogP contribution in [0.4, 0.5) is 0 Å². The summed E-state index contributed by atoms with van der Waals surface area (Å²) in [7, 11) is 0. The Labute approximate surface area is 113 Å². The van der Waals surface area contributed by atoms with Crippen molar-refractivity contribution in [3.8, 4) is 0 Å². The molecule has 1 rings (SSSR count). The molecule has 4 nitrogen and oxygen atoms in total. The van der Waals surface area contributed by atoms with Crippen LogP contribution in [0.1, 0.15) is 32.8 Å². The lowest BCUT2D eigenvalue weighted by Gasteiger charge is -2.20. The number of carbonyl (C=O) groups excluding carboxylic acids is 1. The summed E-state index contributed by atoms with van der Waals surface area (Å²) < 4.78 is 0. The number of nitrogens with one attached hydrogen (secondary N) is 1. The number of carboxylic acid groups (broad SMARTS) is 1. The first-order chi connectivity index (χ1) is 8.78. The number of carbonyl (C=O) groups is 2.